The first-order valence-corrected chi connectivity index (χ1v) is 6.88. The van der Waals surface area contributed by atoms with Crippen LogP contribution < -0.4 is 5.32 Å². The molecule has 2 rings (SSSR count). The lowest BCUT2D eigenvalue weighted by molar-refractivity contribution is -0.137. The molecule has 110 valence electrons. The number of carboxylic acid groups (broad SMARTS) is 1. The number of urea groups is 1. The lowest BCUT2D eigenvalue weighted by Crippen LogP contribution is -2.39. The Morgan fingerprint density at radius 2 is 2.30 bits per heavy atom. The van der Waals surface area contributed by atoms with Crippen molar-refractivity contribution in [3.8, 4) is 0 Å². The van der Waals surface area contributed by atoms with E-state index in [2.05, 4.69) is 10.4 Å². The molecule has 0 radical (unpaired) electrons. The summed E-state index contributed by atoms with van der Waals surface area (Å²) in [5, 5.41) is 15.3. The van der Waals surface area contributed by atoms with Crippen molar-refractivity contribution in [1.82, 2.24) is 14.7 Å². The third kappa shape index (κ3) is 3.72. The Bertz CT molecular complexity index is 482. The SMILES string of the molecule is CCN(CC1CCC1)C(=O)Nc1cnn(CC(=O)O)c1. The molecule has 7 nitrogen and oxygen atoms in total. The van der Waals surface area contributed by atoms with Crippen molar-refractivity contribution in [2.45, 2.75) is 32.7 Å². The topological polar surface area (TPSA) is 87.5 Å². The first kappa shape index (κ1) is 14.4. The first-order chi connectivity index (χ1) is 9.58. The highest BCUT2D eigenvalue weighted by Gasteiger charge is 2.22. The summed E-state index contributed by atoms with van der Waals surface area (Å²) in [6.45, 7) is 3.18. The zero-order valence-corrected chi connectivity index (χ0v) is 11.6. The van der Waals surface area contributed by atoms with E-state index in [9.17, 15) is 9.59 Å². The number of hydrogen-bond acceptors (Lipinski definition) is 3. The van der Waals surface area contributed by atoms with Crippen molar-refractivity contribution in [3.05, 3.63) is 12.4 Å². The van der Waals surface area contributed by atoms with Gasteiger partial charge in [0.25, 0.3) is 0 Å². The molecule has 0 atom stereocenters. The maximum absolute atomic E-state index is 12.1. The number of aliphatic carboxylic acids is 1. The third-order valence-corrected chi connectivity index (χ3v) is 3.55. The molecule has 1 aromatic heterocycles. The van der Waals surface area contributed by atoms with E-state index in [1.54, 1.807) is 4.90 Å². The molecule has 1 saturated carbocycles. The molecule has 1 fully saturated rings. The van der Waals surface area contributed by atoms with Crippen LogP contribution in [0, 0.1) is 5.92 Å². The van der Waals surface area contributed by atoms with Gasteiger partial charge in [-0.2, -0.15) is 5.10 Å². The number of carboxylic acids is 1. The summed E-state index contributed by atoms with van der Waals surface area (Å²) in [4.78, 5) is 24.4. The predicted octanol–water partition coefficient (Wildman–Crippen LogP) is 1.62. The highest BCUT2D eigenvalue weighted by Crippen LogP contribution is 2.27. The molecule has 1 aliphatic carbocycles. The Labute approximate surface area is 117 Å². The maximum Gasteiger partial charge on any atom is 0.325 e. The second-order valence-corrected chi connectivity index (χ2v) is 5.09. The molecule has 2 N–H and O–H groups in total. The number of carbonyl (C=O) groups is 2. The van der Waals surface area contributed by atoms with Gasteiger partial charge in [-0.25, -0.2) is 4.79 Å². The normalized spacial score (nSPS) is 14.7. The standard InChI is InChI=1S/C13H20N4O3/c1-2-16(7-10-4-3-5-10)13(20)15-11-6-14-17(8-11)9-12(18)19/h6,8,10H,2-5,7,9H2,1H3,(H,15,20)(H,18,19). The molecule has 1 heterocycles. The zero-order chi connectivity index (χ0) is 14.5. The minimum Gasteiger partial charge on any atom is -0.480 e. The number of hydrogen-bond donors (Lipinski definition) is 2. The summed E-state index contributed by atoms with van der Waals surface area (Å²) in [6.07, 6.45) is 6.62. The van der Waals surface area contributed by atoms with E-state index in [4.69, 9.17) is 5.11 Å². The van der Waals surface area contributed by atoms with Crippen molar-refractivity contribution in [1.29, 1.82) is 0 Å². The highest BCUT2D eigenvalue weighted by atomic mass is 16.4. The maximum atomic E-state index is 12.1. The molecular formula is C13H20N4O3. The second kappa shape index (κ2) is 6.40. The van der Waals surface area contributed by atoms with Crippen LogP contribution >= 0.6 is 0 Å². The van der Waals surface area contributed by atoms with Gasteiger partial charge in [0, 0.05) is 19.3 Å². The molecule has 2 amide bonds. The van der Waals surface area contributed by atoms with Crippen molar-refractivity contribution < 1.29 is 14.7 Å². The lowest BCUT2D eigenvalue weighted by atomic mass is 9.85. The van der Waals surface area contributed by atoms with Crippen LogP contribution in [0.4, 0.5) is 10.5 Å². The van der Waals surface area contributed by atoms with Gasteiger partial charge in [0.05, 0.1) is 11.9 Å². The third-order valence-electron chi connectivity index (χ3n) is 3.55. The molecule has 0 spiro atoms. The Balaban J connectivity index is 1.88. The number of anilines is 1. The molecule has 0 bridgehead atoms. The second-order valence-electron chi connectivity index (χ2n) is 5.09. The van der Waals surface area contributed by atoms with Gasteiger partial charge in [-0.3, -0.25) is 9.48 Å². The number of carbonyl (C=O) groups excluding carboxylic acids is 1. The summed E-state index contributed by atoms with van der Waals surface area (Å²) >= 11 is 0. The van der Waals surface area contributed by atoms with Gasteiger partial charge in [0.1, 0.15) is 6.54 Å². The van der Waals surface area contributed by atoms with E-state index in [1.165, 1.54) is 36.3 Å². The summed E-state index contributed by atoms with van der Waals surface area (Å²) in [6, 6.07) is -0.158. The summed E-state index contributed by atoms with van der Waals surface area (Å²) in [5.41, 5.74) is 0.517. The average molecular weight is 280 g/mol. The Hall–Kier alpha value is -2.05. The highest BCUT2D eigenvalue weighted by molar-refractivity contribution is 5.89. The number of aromatic nitrogens is 2. The monoisotopic (exact) mass is 280 g/mol. The van der Waals surface area contributed by atoms with Gasteiger partial charge in [-0.05, 0) is 25.7 Å². The molecule has 0 aliphatic heterocycles. The van der Waals surface area contributed by atoms with E-state index < -0.39 is 5.97 Å². The molecule has 1 aromatic rings. The first-order valence-electron chi connectivity index (χ1n) is 6.88. The van der Waals surface area contributed by atoms with Gasteiger partial charge in [-0.1, -0.05) is 6.42 Å². The van der Waals surface area contributed by atoms with Crippen LogP contribution in [0.5, 0.6) is 0 Å². The number of nitrogens with one attached hydrogen (secondary N) is 1. The van der Waals surface area contributed by atoms with Crippen molar-refractivity contribution >= 4 is 17.7 Å². The van der Waals surface area contributed by atoms with Crippen LogP contribution in [0.2, 0.25) is 0 Å². The van der Waals surface area contributed by atoms with Crippen molar-refractivity contribution in [2.75, 3.05) is 18.4 Å². The van der Waals surface area contributed by atoms with Crippen LogP contribution in [0.15, 0.2) is 12.4 Å². The van der Waals surface area contributed by atoms with Gasteiger partial charge in [-0.15, -0.1) is 0 Å². The van der Waals surface area contributed by atoms with Crippen molar-refractivity contribution in [2.24, 2.45) is 5.92 Å². The molecule has 7 heteroatoms. The Morgan fingerprint density at radius 3 is 2.85 bits per heavy atom. The van der Waals surface area contributed by atoms with Gasteiger partial charge >= 0.3 is 12.0 Å². The largest absolute Gasteiger partial charge is 0.480 e. The number of rotatable bonds is 6. The predicted molar refractivity (Wildman–Crippen MR) is 73.5 cm³/mol. The molecule has 1 aliphatic rings. The van der Waals surface area contributed by atoms with Crippen LogP contribution in [-0.4, -0.2) is 44.9 Å². The molecule has 0 saturated heterocycles. The van der Waals surface area contributed by atoms with Crippen LogP contribution in [0.25, 0.3) is 0 Å². The molecule has 0 unspecified atom stereocenters. The number of amides is 2. The Morgan fingerprint density at radius 1 is 1.55 bits per heavy atom. The van der Waals surface area contributed by atoms with E-state index in [0.29, 0.717) is 18.2 Å². The molecule has 20 heavy (non-hydrogen) atoms. The van der Waals surface area contributed by atoms with E-state index in [1.807, 2.05) is 6.92 Å². The molecular weight excluding hydrogens is 260 g/mol. The number of nitrogens with zero attached hydrogens (tertiary/aromatic N) is 3. The average Bonchev–Trinajstić information content (AvgIpc) is 2.74. The minimum absolute atomic E-state index is 0.158. The molecule has 0 aromatic carbocycles. The summed E-state index contributed by atoms with van der Waals surface area (Å²) in [5.74, 6) is -0.346. The fourth-order valence-corrected chi connectivity index (χ4v) is 2.20. The lowest BCUT2D eigenvalue weighted by Gasteiger charge is -2.31. The summed E-state index contributed by atoms with van der Waals surface area (Å²) in [7, 11) is 0. The van der Waals surface area contributed by atoms with E-state index >= 15 is 0 Å². The fourth-order valence-electron chi connectivity index (χ4n) is 2.20. The smallest absolute Gasteiger partial charge is 0.325 e. The van der Waals surface area contributed by atoms with Crippen molar-refractivity contribution in [3.63, 3.8) is 0 Å². The summed E-state index contributed by atoms with van der Waals surface area (Å²) < 4.78 is 1.28. The fraction of sp³-hybridized carbons (Fsp3) is 0.615. The van der Waals surface area contributed by atoms with E-state index in [-0.39, 0.29) is 12.6 Å². The van der Waals surface area contributed by atoms with Crippen LogP contribution in [-0.2, 0) is 11.3 Å². The van der Waals surface area contributed by atoms with E-state index in [0.717, 1.165) is 6.54 Å². The van der Waals surface area contributed by atoms with Gasteiger partial charge < -0.3 is 15.3 Å². The van der Waals surface area contributed by atoms with Crippen LogP contribution in [0.1, 0.15) is 26.2 Å². The zero-order valence-electron chi connectivity index (χ0n) is 11.6. The van der Waals surface area contributed by atoms with Crippen LogP contribution in [0.3, 0.4) is 0 Å². The minimum atomic E-state index is -0.967. The van der Waals surface area contributed by atoms with Gasteiger partial charge in [0.2, 0.25) is 0 Å². The van der Waals surface area contributed by atoms with Gasteiger partial charge in [0.15, 0.2) is 0 Å². The Kier molecular flexibility index (Phi) is 4.60. The quantitative estimate of drug-likeness (QED) is 0.829.